The van der Waals surface area contributed by atoms with Gasteiger partial charge in [-0.25, -0.2) is 0 Å². The van der Waals surface area contributed by atoms with Gasteiger partial charge in [0.2, 0.25) is 6.79 Å². The van der Waals surface area contributed by atoms with E-state index in [1.807, 2.05) is 18.2 Å². The van der Waals surface area contributed by atoms with Gasteiger partial charge in [0.25, 0.3) is 5.91 Å². The van der Waals surface area contributed by atoms with E-state index >= 15 is 0 Å². The summed E-state index contributed by atoms with van der Waals surface area (Å²) in [5, 5.41) is 2.77. The van der Waals surface area contributed by atoms with Gasteiger partial charge in [0.15, 0.2) is 23.0 Å². The lowest BCUT2D eigenvalue weighted by Gasteiger charge is -2.06. The topological polar surface area (TPSA) is 77.8 Å². The van der Waals surface area contributed by atoms with E-state index in [4.69, 9.17) is 13.9 Å². The molecule has 0 bridgehead atoms. The van der Waals surface area contributed by atoms with Crippen LogP contribution in [0.15, 0.2) is 70.2 Å². The summed E-state index contributed by atoms with van der Waals surface area (Å²) in [7, 11) is 0. The molecule has 27 heavy (non-hydrogen) atoms. The summed E-state index contributed by atoms with van der Waals surface area (Å²) in [5.74, 6) is 1.43. The zero-order valence-electron chi connectivity index (χ0n) is 14.1. The second kappa shape index (κ2) is 7.59. The van der Waals surface area contributed by atoms with Crippen LogP contribution in [0.25, 0.3) is 0 Å². The van der Waals surface area contributed by atoms with Gasteiger partial charge in [-0.15, -0.1) is 11.8 Å². The molecular formula is C20H15NO5S. The van der Waals surface area contributed by atoms with Crippen LogP contribution in [-0.2, 0) is 0 Å². The Balaban J connectivity index is 1.38. The Bertz CT molecular complexity index is 984. The fourth-order valence-corrected chi connectivity index (χ4v) is 3.42. The first kappa shape index (κ1) is 17.2. The lowest BCUT2D eigenvalue weighted by atomic mass is 10.1. The highest BCUT2D eigenvalue weighted by Crippen LogP contribution is 2.33. The van der Waals surface area contributed by atoms with Crippen LogP contribution >= 0.6 is 11.8 Å². The molecule has 0 radical (unpaired) electrons. The molecule has 0 saturated carbocycles. The SMILES string of the molecule is O=C(CSc1cccc(NC(=O)c2ccco2)c1)c1ccc2c(c1)OCO2. The molecule has 1 amide bonds. The van der Waals surface area contributed by atoms with Crippen molar-refractivity contribution < 1.29 is 23.5 Å². The minimum atomic E-state index is -0.321. The number of carbonyl (C=O) groups excluding carboxylic acids is 2. The molecular weight excluding hydrogens is 366 g/mol. The Kier molecular flexibility index (Phi) is 4.84. The minimum absolute atomic E-state index is 0.0108. The van der Waals surface area contributed by atoms with Crippen LogP contribution in [0.3, 0.4) is 0 Å². The van der Waals surface area contributed by atoms with E-state index in [9.17, 15) is 9.59 Å². The maximum Gasteiger partial charge on any atom is 0.291 e. The van der Waals surface area contributed by atoms with Gasteiger partial charge in [-0.2, -0.15) is 0 Å². The summed E-state index contributed by atoms with van der Waals surface area (Å²) in [5.41, 5.74) is 1.21. The third kappa shape index (κ3) is 3.98. The number of amides is 1. The van der Waals surface area contributed by atoms with Crippen LogP contribution in [0.1, 0.15) is 20.9 Å². The Morgan fingerprint density at radius 1 is 1.00 bits per heavy atom. The molecule has 7 heteroatoms. The predicted octanol–water partition coefficient (Wildman–Crippen LogP) is 4.24. The lowest BCUT2D eigenvalue weighted by Crippen LogP contribution is -2.10. The van der Waals surface area contributed by atoms with Crippen molar-refractivity contribution >= 4 is 29.1 Å². The number of carbonyl (C=O) groups is 2. The number of nitrogens with one attached hydrogen (secondary N) is 1. The molecule has 1 aliphatic rings. The molecule has 6 nitrogen and oxygen atoms in total. The molecule has 1 aromatic heterocycles. The van der Waals surface area contributed by atoms with Crippen molar-refractivity contribution in [1.29, 1.82) is 0 Å². The first-order chi connectivity index (χ1) is 13.2. The van der Waals surface area contributed by atoms with Gasteiger partial charge < -0.3 is 19.2 Å². The summed E-state index contributed by atoms with van der Waals surface area (Å²) in [4.78, 5) is 25.4. The van der Waals surface area contributed by atoms with E-state index in [1.165, 1.54) is 18.0 Å². The molecule has 2 heterocycles. The maximum absolute atomic E-state index is 12.4. The third-order valence-electron chi connectivity index (χ3n) is 3.90. The predicted molar refractivity (Wildman–Crippen MR) is 101 cm³/mol. The van der Waals surface area contributed by atoms with Gasteiger partial charge in [0.1, 0.15) is 0 Å². The zero-order valence-corrected chi connectivity index (χ0v) is 15.0. The van der Waals surface area contributed by atoms with Gasteiger partial charge in [0.05, 0.1) is 12.0 Å². The second-order valence-electron chi connectivity index (χ2n) is 5.74. The number of ketones is 1. The highest BCUT2D eigenvalue weighted by Gasteiger charge is 2.16. The van der Waals surface area contributed by atoms with Crippen molar-refractivity contribution in [3.8, 4) is 11.5 Å². The molecule has 0 saturated heterocycles. The summed E-state index contributed by atoms with van der Waals surface area (Å²) >= 11 is 1.40. The number of furan rings is 1. The van der Waals surface area contributed by atoms with Crippen molar-refractivity contribution in [3.05, 3.63) is 72.2 Å². The van der Waals surface area contributed by atoms with Crippen LogP contribution in [0.5, 0.6) is 11.5 Å². The molecule has 3 aromatic rings. The number of ether oxygens (including phenoxy) is 2. The van der Waals surface area contributed by atoms with Crippen LogP contribution in [0, 0.1) is 0 Å². The number of thioether (sulfide) groups is 1. The molecule has 4 rings (SSSR count). The average Bonchev–Trinajstić information content (AvgIpc) is 3.37. The van der Waals surface area contributed by atoms with E-state index in [2.05, 4.69) is 5.32 Å². The first-order valence-corrected chi connectivity index (χ1v) is 9.18. The molecule has 0 unspecified atom stereocenters. The van der Waals surface area contributed by atoms with Crippen LogP contribution in [-0.4, -0.2) is 24.2 Å². The summed E-state index contributed by atoms with van der Waals surface area (Å²) in [6.45, 7) is 0.179. The molecule has 1 N–H and O–H groups in total. The zero-order chi connectivity index (χ0) is 18.6. The smallest absolute Gasteiger partial charge is 0.291 e. The van der Waals surface area contributed by atoms with Crippen LogP contribution in [0.2, 0.25) is 0 Å². The summed E-state index contributed by atoms with van der Waals surface area (Å²) in [6.07, 6.45) is 1.45. The van der Waals surface area contributed by atoms with E-state index in [-0.39, 0.29) is 30.0 Å². The van der Waals surface area contributed by atoms with Crippen molar-refractivity contribution in [2.75, 3.05) is 17.9 Å². The third-order valence-corrected chi connectivity index (χ3v) is 4.90. The monoisotopic (exact) mass is 381 g/mol. The number of hydrogen-bond donors (Lipinski definition) is 1. The van der Waals surface area contributed by atoms with Crippen LogP contribution in [0.4, 0.5) is 5.69 Å². The van der Waals surface area contributed by atoms with Crippen molar-refractivity contribution in [2.45, 2.75) is 4.90 Å². The van der Waals surface area contributed by atoms with Crippen molar-refractivity contribution in [3.63, 3.8) is 0 Å². The van der Waals surface area contributed by atoms with Gasteiger partial charge in [0, 0.05) is 16.1 Å². The fraction of sp³-hybridized carbons (Fsp3) is 0.100. The van der Waals surface area contributed by atoms with E-state index in [1.54, 1.807) is 36.4 Å². The van der Waals surface area contributed by atoms with Crippen molar-refractivity contribution in [2.24, 2.45) is 0 Å². The Morgan fingerprint density at radius 2 is 1.89 bits per heavy atom. The molecule has 2 aromatic carbocycles. The van der Waals surface area contributed by atoms with E-state index < -0.39 is 0 Å². The summed E-state index contributed by atoms with van der Waals surface area (Å²) < 4.78 is 15.6. The first-order valence-electron chi connectivity index (χ1n) is 8.19. The highest BCUT2D eigenvalue weighted by molar-refractivity contribution is 8.00. The van der Waals surface area contributed by atoms with Gasteiger partial charge in [-0.3, -0.25) is 9.59 Å². The maximum atomic E-state index is 12.4. The van der Waals surface area contributed by atoms with E-state index in [0.717, 1.165) is 4.90 Å². The number of hydrogen-bond acceptors (Lipinski definition) is 6. The number of rotatable bonds is 6. The average molecular weight is 381 g/mol. The quantitative estimate of drug-likeness (QED) is 0.508. The molecule has 0 aliphatic carbocycles. The minimum Gasteiger partial charge on any atom is -0.459 e. The number of benzene rings is 2. The van der Waals surface area contributed by atoms with Gasteiger partial charge in [-0.1, -0.05) is 6.07 Å². The van der Waals surface area contributed by atoms with Gasteiger partial charge >= 0.3 is 0 Å². The molecule has 136 valence electrons. The Hall–Kier alpha value is -3.19. The molecule has 0 fully saturated rings. The fourth-order valence-electron chi connectivity index (χ4n) is 2.57. The molecule has 1 aliphatic heterocycles. The second-order valence-corrected chi connectivity index (χ2v) is 6.79. The molecule has 0 atom stereocenters. The number of anilines is 1. The van der Waals surface area contributed by atoms with E-state index in [0.29, 0.717) is 22.7 Å². The lowest BCUT2D eigenvalue weighted by molar-refractivity contribution is 0.0994. The number of fused-ring (bicyclic) bond motifs is 1. The highest BCUT2D eigenvalue weighted by atomic mass is 32.2. The summed E-state index contributed by atoms with van der Waals surface area (Å²) in [6, 6.07) is 15.7. The number of Topliss-reactive ketones (excluding diaryl/α,β-unsaturated/α-hetero) is 1. The molecule has 0 spiro atoms. The standard InChI is InChI=1S/C20H15NO5S/c22-16(13-6-7-17-19(9-13)26-12-25-17)11-27-15-4-1-3-14(10-15)21-20(23)18-5-2-8-24-18/h1-10H,11-12H2,(H,21,23). The van der Waals surface area contributed by atoms with Gasteiger partial charge in [-0.05, 0) is 48.5 Å². The largest absolute Gasteiger partial charge is 0.459 e. The van der Waals surface area contributed by atoms with Crippen molar-refractivity contribution in [1.82, 2.24) is 0 Å². The Labute approximate surface area is 159 Å². The normalized spacial score (nSPS) is 12.0. The van der Waals surface area contributed by atoms with Crippen LogP contribution < -0.4 is 14.8 Å². The Morgan fingerprint density at radius 3 is 2.74 bits per heavy atom.